The molecule has 7 heteroatoms. The van der Waals surface area contributed by atoms with Crippen LogP contribution < -0.4 is 10.6 Å². The molecule has 0 bridgehead atoms. The maximum atomic E-state index is 11.6. The average Bonchev–Trinajstić information content (AvgIpc) is 3.10. The fourth-order valence-electron chi connectivity index (χ4n) is 1.79. The summed E-state index contributed by atoms with van der Waals surface area (Å²) in [6, 6.07) is 2.53. The molecule has 0 radical (unpaired) electrons. The van der Waals surface area contributed by atoms with Crippen LogP contribution in [-0.4, -0.2) is 29.7 Å². The van der Waals surface area contributed by atoms with Gasteiger partial charge in [-0.3, -0.25) is 0 Å². The van der Waals surface area contributed by atoms with Gasteiger partial charge in [0.15, 0.2) is 0 Å². The van der Waals surface area contributed by atoms with Crippen molar-refractivity contribution in [1.29, 1.82) is 0 Å². The summed E-state index contributed by atoms with van der Waals surface area (Å²) in [7, 11) is 0. The molecule has 1 heterocycles. The van der Waals surface area contributed by atoms with Crippen molar-refractivity contribution < 1.29 is 14.7 Å². The third-order valence-electron chi connectivity index (χ3n) is 2.93. The van der Waals surface area contributed by atoms with E-state index in [1.807, 2.05) is 12.1 Å². The van der Waals surface area contributed by atoms with E-state index in [4.69, 9.17) is 16.7 Å². The smallest absolute Gasteiger partial charge is 0.326 e. The minimum absolute atomic E-state index is 0.0827. The van der Waals surface area contributed by atoms with E-state index < -0.39 is 18.0 Å². The first-order chi connectivity index (χ1) is 9.06. The van der Waals surface area contributed by atoms with Crippen molar-refractivity contribution in [2.45, 2.75) is 25.3 Å². The summed E-state index contributed by atoms with van der Waals surface area (Å²) in [5, 5.41) is 14.1. The molecule has 1 saturated carbocycles. The van der Waals surface area contributed by atoms with Crippen molar-refractivity contribution in [3.05, 3.63) is 21.3 Å². The lowest BCUT2D eigenvalue weighted by molar-refractivity contribution is -0.139. The Morgan fingerprint density at radius 3 is 2.74 bits per heavy atom. The fraction of sp³-hybridized carbons (Fsp3) is 0.500. The number of thiophene rings is 1. The number of hydrogen-bond donors (Lipinski definition) is 3. The molecular formula is C12H15ClN2O3S. The van der Waals surface area contributed by atoms with Gasteiger partial charge < -0.3 is 15.7 Å². The molecule has 2 amide bonds. The lowest BCUT2D eigenvalue weighted by atomic mass is 10.2. The second-order valence-electron chi connectivity index (χ2n) is 4.51. The Hall–Kier alpha value is -1.27. The van der Waals surface area contributed by atoms with Crippen LogP contribution in [0.2, 0.25) is 4.34 Å². The third kappa shape index (κ3) is 4.40. The summed E-state index contributed by atoms with van der Waals surface area (Å²) in [5.41, 5.74) is 0. The zero-order valence-corrected chi connectivity index (χ0v) is 11.8. The van der Waals surface area contributed by atoms with Crippen LogP contribution in [0.1, 0.15) is 17.7 Å². The van der Waals surface area contributed by atoms with E-state index in [9.17, 15) is 9.59 Å². The number of amides is 2. The second kappa shape index (κ2) is 6.25. The number of nitrogens with one attached hydrogen (secondary N) is 2. The molecule has 0 aliphatic heterocycles. The maximum absolute atomic E-state index is 11.6. The second-order valence-corrected chi connectivity index (χ2v) is 6.31. The monoisotopic (exact) mass is 302 g/mol. The van der Waals surface area contributed by atoms with Gasteiger partial charge in [0.05, 0.1) is 4.34 Å². The molecule has 1 unspecified atom stereocenters. The molecule has 1 aliphatic carbocycles. The van der Waals surface area contributed by atoms with Crippen LogP contribution in [0.4, 0.5) is 4.79 Å². The average molecular weight is 303 g/mol. The predicted molar refractivity (Wildman–Crippen MR) is 73.7 cm³/mol. The van der Waals surface area contributed by atoms with Gasteiger partial charge in [0.25, 0.3) is 0 Å². The van der Waals surface area contributed by atoms with Crippen LogP contribution in [0.15, 0.2) is 12.1 Å². The summed E-state index contributed by atoms with van der Waals surface area (Å²) < 4.78 is 0.721. The van der Waals surface area contributed by atoms with Gasteiger partial charge >= 0.3 is 12.0 Å². The van der Waals surface area contributed by atoms with E-state index in [1.54, 1.807) is 0 Å². The highest BCUT2D eigenvalue weighted by molar-refractivity contribution is 7.16. The predicted octanol–water partition coefficient (Wildman–Crippen LogP) is 2.11. The number of aliphatic carboxylic acids is 1. The molecule has 5 nitrogen and oxygen atoms in total. The summed E-state index contributed by atoms with van der Waals surface area (Å²) >= 11 is 7.27. The van der Waals surface area contributed by atoms with E-state index >= 15 is 0 Å². The van der Waals surface area contributed by atoms with Gasteiger partial charge in [-0.05, 0) is 37.3 Å². The first-order valence-corrected chi connectivity index (χ1v) is 7.27. The SMILES string of the molecule is O=C(NCCc1ccc(Cl)s1)NC(C(=O)O)C1CC1. The van der Waals surface area contributed by atoms with Gasteiger partial charge in [-0.15, -0.1) is 11.3 Å². The Morgan fingerprint density at radius 2 is 2.21 bits per heavy atom. The van der Waals surface area contributed by atoms with Crippen molar-refractivity contribution in [2.75, 3.05) is 6.54 Å². The molecule has 1 aromatic heterocycles. The van der Waals surface area contributed by atoms with Gasteiger partial charge in [0.1, 0.15) is 6.04 Å². The molecule has 19 heavy (non-hydrogen) atoms. The van der Waals surface area contributed by atoms with Crippen molar-refractivity contribution in [3.63, 3.8) is 0 Å². The summed E-state index contributed by atoms with van der Waals surface area (Å²) in [4.78, 5) is 23.6. The Balaban J connectivity index is 1.70. The minimum Gasteiger partial charge on any atom is -0.480 e. The number of carbonyl (C=O) groups excluding carboxylic acids is 1. The lowest BCUT2D eigenvalue weighted by Crippen LogP contribution is -2.47. The van der Waals surface area contributed by atoms with E-state index in [0.29, 0.717) is 13.0 Å². The van der Waals surface area contributed by atoms with E-state index in [-0.39, 0.29) is 5.92 Å². The van der Waals surface area contributed by atoms with Crippen molar-refractivity contribution in [3.8, 4) is 0 Å². The minimum atomic E-state index is -0.970. The molecular weight excluding hydrogens is 288 g/mol. The molecule has 1 fully saturated rings. The van der Waals surface area contributed by atoms with Crippen LogP contribution in [0.3, 0.4) is 0 Å². The topological polar surface area (TPSA) is 78.4 Å². The third-order valence-corrected chi connectivity index (χ3v) is 4.22. The first kappa shape index (κ1) is 14.1. The Morgan fingerprint density at radius 1 is 1.47 bits per heavy atom. The van der Waals surface area contributed by atoms with E-state index in [0.717, 1.165) is 22.1 Å². The molecule has 2 rings (SSSR count). The van der Waals surface area contributed by atoms with Gasteiger partial charge in [0.2, 0.25) is 0 Å². The van der Waals surface area contributed by atoms with Crippen molar-refractivity contribution in [2.24, 2.45) is 5.92 Å². The Labute approximate surface area is 120 Å². The summed E-state index contributed by atoms with van der Waals surface area (Å²) in [6.07, 6.45) is 2.42. The highest BCUT2D eigenvalue weighted by atomic mass is 35.5. The van der Waals surface area contributed by atoms with Crippen LogP contribution in [0.25, 0.3) is 0 Å². The van der Waals surface area contributed by atoms with Crippen LogP contribution in [-0.2, 0) is 11.2 Å². The lowest BCUT2D eigenvalue weighted by Gasteiger charge is -2.14. The van der Waals surface area contributed by atoms with E-state index in [2.05, 4.69) is 10.6 Å². The summed E-state index contributed by atoms with van der Waals surface area (Å²) in [6.45, 7) is 0.458. The maximum Gasteiger partial charge on any atom is 0.326 e. The number of hydrogen-bond acceptors (Lipinski definition) is 3. The zero-order chi connectivity index (χ0) is 13.8. The standard InChI is InChI=1S/C12H15ClN2O3S/c13-9-4-3-8(19-9)5-6-14-12(18)15-10(11(16)17)7-1-2-7/h3-4,7,10H,1-2,5-6H2,(H,16,17)(H2,14,15,18). The molecule has 1 aromatic rings. The van der Waals surface area contributed by atoms with Gasteiger partial charge in [-0.1, -0.05) is 11.6 Å². The highest BCUT2D eigenvalue weighted by Gasteiger charge is 2.37. The molecule has 0 saturated heterocycles. The summed E-state index contributed by atoms with van der Waals surface area (Å²) in [5.74, 6) is -0.887. The van der Waals surface area contributed by atoms with Crippen molar-refractivity contribution >= 4 is 34.9 Å². The molecule has 0 spiro atoms. The largest absolute Gasteiger partial charge is 0.480 e. The number of rotatable bonds is 6. The number of urea groups is 1. The Bertz CT molecular complexity index is 473. The fourth-order valence-corrected chi connectivity index (χ4v) is 2.88. The molecule has 3 N–H and O–H groups in total. The molecule has 1 atom stereocenters. The molecule has 1 aliphatic rings. The molecule has 0 aromatic carbocycles. The number of carboxylic acids is 1. The highest BCUT2D eigenvalue weighted by Crippen LogP contribution is 2.32. The van der Waals surface area contributed by atoms with Crippen molar-refractivity contribution in [1.82, 2.24) is 10.6 Å². The van der Waals surface area contributed by atoms with Gasteiger partial charge in [0, 0.05) is 11.4 Å². The van der Waals surface area contributed by atoms with Crippen LogP contribution in [0.5, 0.6) is 0 Å². The number of carbonyl (C=O) groups is 2. The van der Waals surface area contributed by atoms with Gasteiger partial charge in [-0.2, -0.15) is 0 Å². The number of halogens is 1. The van der Waals surface area contributed by atoms with Crippen LogP contribution in [0, 0.1) is 5.92 Å². The van der Waals surface area contributed by atoms with Gasteiger partial charge in [-0.25, -0.2) is 9.59 Å². The zero-order valence-electron chi connectivity index (χ0n) is 10.2. The number of carboxylic acid groups (broad SMARTS) is 1. The van der Waals surface area contributed by atoms with E-state index in [1.165, 1.54) is 11.3 Å². The normalized spacial score (nSPS) is 15.8. The Kier molecular flexibility index (Phi) is 4.66. The van der Waals surface area contributed by atoms with Crippen LogP contribution >= 0.6 is 22.9 Å². The first-order valence-electron chi connectivity index (χ1n) is 6.07. The molecule has 104 valence electrons. The quantitative estimate of drug-likeness (QED) is 0.753.